The topological polar surface area (TPSA) is 43.9 Å². The lowest BCUT2D eigenvalue weighted by Crippen LogP contribution is -2.46. The molecule has 0 aliphatic carbocycles. The molecule has 2 heterocycles. The van der Waals surface area contributed by atoms with Crippen molar-refractivity contribution in [1.82, 2.24) is 4.90 Å². The highest BCUT2D eigenvalue weighted by Gasteiger charge is 2.36. The predicted octanol–water partition coefficient (Wildman–Crippen LogP) is 4.78. The fourth-order valence-electron chi connectivity index (χ4n) is 4.94. The van der Waals surface area contributed by atoms with Crippen molar-refractivity contribution >= 4 is 43.8 Å². The van der Waals surface area contributed by atoms with Gasteiger partial charge in [-0.3, -0.25) is 4.31 Å². The molecule has 0 N–H and O–H groups in total. The second-order valence-electron chi connectivity index (χ2n) is 8.88. The largest absolute Gasteiger partial charge is 0.367 e. The zero-order valence-corrected chi connectivity index (χ0v) is 20.0. The van der Waals surface area contributed by atoms with Gasteiger partial charge >= 0.3 is 0 Å². The Morgan fingerprint density at radius 2 is 1.66 bits per heavy atom. The summed E-state index contributed by atoms with van der Waals surface area (Å²) < 4.78 is 29.4. The minimum Gasteiger partial charge on any atom is -0.367 e. The number of anilines is 2. The first kappa shape index (κ1) is 21.6. The molecule has 0 bridgehead atoms. The number of likely N-dealkylation sites (N-methyl/N-ethyl adjacent to an activating group) is 1. The van der Waals surface area contributed by atoms with Crippen LogP contribution in [0.15, 0.2) is 59.5 Å². The Balaban J connectivity index is 1.61. The number of sulfonamides is 1. The summed E-state index contributed by atoms with van der Waals surface area (Å²) in [5.74, 6) is 0. The average Bonchev–Trinajstić information content (AvgIpc) is 2.79. The molecule has 3 aromatic carbocycles. The fourth-order valence-corrected chi connectivity index (χ4v) is 6.99. The molecule has 1 fully saturated rings. The fraction of sp³-hybridized carbons (Fsp3) is 0.360. The van der Waals surface area contributed by atoms with Crippen LogP contribution in [-0.4, -0.2) is 52.6 Å². The van der Waals surface area contributed by atoms with Gasteiger partial charge in [0.15, 0.2) is 0 Å². The lowest BCUT2D eigenvalue weighted by molar-refractivity contribution is 0.312. The number of rotatable bonds is 3. The average molecular weight is 470 g/mol. The van der Waals surface area contributed by atoms with Crippen LogP contribution in [0.2, 0.25) is 5.02 Å². The van der Waals surface area contributed by atoms with E-state index in [1.54, 1.807) is 16.4 Å². The second-order valence-corrected chi connectivity index (χ2v) is 11.1. The maximum absolute atomic E-state index is 13.9. The van der Waals surface area contributed by atoms with Crippen LogP contribution in [-0.2, 0) is 16.4 Å². The highest BCUT2D eigenvalue weighted by atomic mass is 35.5. The maximum Gasteiger partial charge on any atom is 0.264 e. The molecule has 0 spiro atoms. The summed E-state index contributed by atoms with van der Waals surface area (Å²) in [5.41, 5.74) is 2.81. The van der Waals surface area contributed by atoms with Crippen LogP contribution in [0, 0.1) is 0 Å². The van der Waals surface area contributed by atoms with Crippen LogP contribution >= 0.6 is 11.6 Å². The van der Waals surface area contributed by atoms with Crippen molar-refractivity contribution in [3.8, 4) is 0 Å². The third-order valence-electron chi connectivity index (χ3n) is 6.76. The summed E-state index contributed by atoms with van der Waals surface area (Å²) in [6, 6.07) is 16.8. The van der Waals surface area contributed by atoms with Crippen molar-refractivity contribution in [1.29, 1.82) is 0 Å². The minimum absolute atomic E-state index is 0.125. The normalized spacial score (nSPS) is 19.9. The highest BCUT2D eigenvalue weighted by molar-refractivity contribution is 7.92. The molecule has 1 atom stereocenters. The molecule has 1 saturated heterocycles. The van der Waals surface area contributed by atoms with Crippen LogP contribution in [0.3, 0.4) is 0 Å². The molecule has 168 valence electrons. The minimum atomic E-state index is -3.72. The lowest BCUT2D eigenvalue weighted by Gasteiger charge is -2.40. The Labute approximate surface area is 195 Å². The van der Waals surface area contributed by atoms with Crippen molar-refractivity contribution in [3.63, 3.8) is 0 Å². The molecule has 5 nitrogen and oxygen atoms in total. The smallest absolute Gasteiger partial charge is 0.264 e. The molecule has 0 amide bonds. The van der Waals surface area contributed by atoms with Gasteiger partial charge in [0.25, 0.3) is 10.0 Å². The van der Waals surface area contributed by atoms with Gasteiger partial charge in [0.05, 0.1) is 21.3 Å². The van der Waals surface area contributed by atoms with Gasteiger partial charge in [-0.2, -0.15) is 0 Å². The summed E-state index contributed by atoms with van der Waals surface area (Å²) in [6.07, 6.45) is 1.59. The van der Waals surface area contributed by atoms with Crippen molar-refractivity contribution in [2.24, 2.45) is 0 Å². The van der Waals surface area contributed by atoms with E-state index >= 15 is 0 Å². The Hall–Kier alpha value is -2.28. The highest BCUT2D eigenvalue weighted by Crippen LogP contribution is 2.43. The van der Waals surface area contributed by atoms with Crippen LogP contribution in [0.5, 0.6) is 0 Å². The van der Waals surface area contributed by atoms with Crippen LogP contribution in [0.1, 0.15) is 18.9 Å². The quantitative estimate of drug-likeness (QED) is 0.554. The number of benzene rings is 3. The van der Waals surface area contributed by atoms with Crippen LogP contribution in [0.4, 0.5) is 11.4 Å². The van der Waals surface area contributed by atoms with Crippen molar-refractivity contribution in [2.45, 2.75) is 30.7 Å². The van der Waals surface area contributed by atoms with Crippen molar-refractivity contribution < 1.29 is 8.42 Å². The Bertz CT molecular complexity index is 1270. The van der Waals surface area contributed by atoms with Crippen molar-refractivity contribution in [2.75, 3.05) is 42.4 Å². The predicted molar refractivity (Wildman–Crippen MR) is 133 cm³/mol. The Morgan fingerprint density at radius 3 is 2.41 bits per heavy atom. The summed E-state index contributed by atoms with van der Waals surface area (Å²) in [6.45, 7) is 5.70. The van der Waals surface area contributed by atoms with E-state index < -0.39 is 10.0 Å². The molecular weight excluding hydrogens is 442 g/mol. The van der Waals surface area contributed by atoms with Gasteiger partial charge in [0, 0.05) is 37.8 Å². The van der Waals surface area contributed by atoms with Crippen LogP contribution < -0.4 is 9.21 Å². The first-order chi connectivity index (χ1) is 15.4. The zero-order chi connectivity index (χ0) is 22.5. The first-order valence-electron chi connectivity index (χ1n) is 11.1. The summed E-state index contributed by atoms with van der Waals surface area (Å²) in [5, 5.41) is 2.65. The molecular formula is C25H28ClN3O2S. The van der Waals surface area contributed by atoms with Gasteiger partial charge in [0.2, 0.25) is 0 Å². The molecule has 0 aromatic heterocycles. The molecule has 32 heavy (non-hydrogen) atoms. The molecule has 7 heteroatoms. The maximum atomic E-state index is 13.9. The van der Waals surface area contributed by atoms with Gasteiger partial charge in [0.1, 0.15) is 0 Å². The summed E-state index contributed by atoms with van der Waals surface area (Å²) >= 11 is 6.69. The van der Waals surface area contributed by atoms with Gasteiger partial charge in [-0.1, -0.05) is 41.9 Å². The van der Waals surface area contributed by atoms with E-state index in [4.69, 9.17) is 11.6 Å². The Kier molecular flexibility index (Phi) is 5.56. The van der Waals surface area contributed by atoms with Gasteiger partial charge < -0.3 is 9.80 Å². The number of hydrogen-bond acceptors (Lipinski definition) is 4. The zero-order valence-electron chi connectivity index (χ0n) is 18.5. The summed E-state index contributed by atoms with van der Waals surface area (Å²) in [4.78, 5) is 4.95. The Morgan fingerprint density at radius 1 is 0.938 bits per heavy atom. The van der Waals surface area contributed by atoms with E-state index in [9.17, 15) is 8.42 Å². The molecule has 1 unspecified atom stereocenters. The molecule has 2 aliphatic heterocycles. The van der Waals surface area contributed by atoms with E-state index in [1.165, 1.54) is 0 Å². The molecule has 0 saturated carbocycles. The van der Waals surface area contributed by atoms with Crippen molar-refractivity contribution in [3.05, 3.63) is 65.2 Å². The number of hydrogen-bond donors (Lipinski definition) is 0. The van der Waals surface area contributed by atoms with Gasteiger partial charge in [-0.05, 0) is 61.9 Å². The monoisotopic (exact) mass is 469 g/mol. The number of piperazine rings is 1. The van der Waals surface area contributed by atoms with Gasteiger partial charge in [-0.25, -0.2) is 8.42 Å². The molecule has 5 rings (SSSR count). The van der Waals surface area contributed by atoms with E-state index in [0.717, 1.165) is 66.7 Å². The number of nitrogens with zero attached hydrogens (tertiary/aromatic N) is 3. The third-order valence-corrected chi connectivity index (χ3v) is 8.99. The van der Waals surface area contributed by atoms with E-state index in [0.29, 0.717) is 9.92 Å². The SMILES string of the molecule is CC1CCc2c(ccc(Cl)c2N2CCN(C)CC2)N1S(=O)(=O)c1ccc2ccccc2c1. The van der Waals surface area contributed by atoms with E-state index in [2.05, 4.69) is 16.8 Å². The number of fused-ring (bicyclic) bond motifs is 2. The van der Waals surface area contributed by atoms with E-state index in [-0.39, 0.29) is 6.04 Å². The van der Waals surface area contributed by atoms with Gasteiger partial charge in [-0.15, -0.1) is 0 Å². The first-order valence-corrected chi connectivity index (χ1v) is 13.0. The van der Waals surface area contributed by atoms with Crippen LogP contribution in [0.25, 0.3) is 10.8 Å². The standard InChI is InChI=1S/C25H28ClN3O2S/c1-18-7-10-22-24(12-11-23(26)25(22)28-15-13-27(2)14-16-28)29(18)32(30,31)21-9-8-19-5-3-4-6-20(19)17-21/h3-6,8-9,11-12,17-18H,7,10,13-16H2,1-2H3. The lowest BCUT2D eigenvalue weighted by atomic mass is 9.96. The third kappa shape index (κ3) is 3.64. The summed E-state index contributed by atoms with van der Waals surface area (Å²) in [7, 11) is -1.60. The number of halogens is 1. The molecule has 0 radical (unpaired) electrons. The second kappa shape index (κ2) is 8.25. The van der Waals surface area contributed by atoms with E-state index in [1.807, 2.05) is 49.4 Å². The molecule has 3 aromatic rings. The molecule has 2 aliphatic rings.